The molecule has 0 aromatic heterocycles. The summed E-state index contributed by atoms with van der Waals surface area (Å²) in [5.74, 6) is 2.90. The Bertz CT molecular complexity index is 214. The first kappa shape index (κ1) is 12.5. The van der Waals surface area contributed by atoms with Crippen LogP contribution in [0.1, 0.15) is 19.8 Å². The third-order valence-corrected chi connectivity index (χ3v) is 2.27. The van der Waals surface area contributed by atoms with Gasteiger partial charge in [0.05, 0.1) is 0 Å². The first-order valence-electron chi connectivity index (χ1n) is 4.81. The van der Waals surface area contributed by atoms with E-state index in [0.29, 0.717) is 6.42 Å². The van der Waals surface area contributed by atoms with Crippen LogP contribution in [0.5, 0.6) is 0 Å². The normalized spacial score (nSPS) is 13.9. The van der Waals surface area contributed by atoms with Gasteiger partial charge in [-0.3, -0.25) is 0 Å². The highest BCUT2D eigenvalue weighted by atomic mass is 28.3. The van der Waals surface area contributed by atoms with Gasteiger partial charge >= 0.3 is 0 Å². The van der Waals surface area contributed by atoms with Crippen LogP contribution in [-0.2, 0) is 0 Å². The molecule has 0 amide bonds. The second-order valence-electron chi connectivity index (χ2n) is 4.15. The predicted octanol–water partition coefficient (Wildman–Crippen LogP) is 2.58. The summed E-state index contributed by atoms with van der Waals surface area (Å²) in [5, 5.41) is 9.44. The average Bonchev–Trinajstić information content (AvgIpc) is 2.00. The number of aliphatic hydroxyl groups is 1. The van der Waals surface area contributed by atoms with Crippen LogP contribution in [0.25, 0.3) is 0 Å². The molecule has 74 valence electrons. The van der Waals surface area contributed by atoms with Gasteiger partial charge in [0.15, 0.2) is 0 Å². The Kier molecular flexibility index (Phi) is 5.77. The van der Waals surface area contributed by atoms with E-state index in [-0.39, 0.29) is 0 Å². The van der Waals surface area contributed by atoms with Crippen molar-refractivity contribution in [3.05, 3.63) is 12.2 Å². The monoisotopic (exact) mass is 196 g/mol. The molecule has 2 heteroatoms. The van der Waals surface area contributed by atoms with Crippen LogP contribution in [0, 0.1) is 11.5 Å². The maximum atomic E-state index is 9.44. The van der Waals surface area contributed by atoms with Gasteiger partial charge in [-0.15, -0.1) is 5.54 Å². The Morgan fingerprint density at radius 2 is 1.92 bits per heavy atom. The molecule has 1 nitrogen and oxygen atoms in total. The minimum absolute atomic E-state index is 0.477. The molecule has 0 aliphatic carbocycles. The molecular formula is C11H20OSi. The molecule has 0 rings (SSSR count). The summed E-state index contributed by atoms with van der Waals surface area (Å²) in [6, 6.07) is 0. The number of allylic oxidation sites excluding steroid dienone is 1. The van der Waals surface area contributed by atoms with Crippen LogP contribution >= 0.6 is 0 Å². The van der Waals surface area contributed by atoms with Crippen molar-refractivity contribution in [3.63, 3.8) is 0 Å². The summed E-state index contributed by atoms with van der Waals surface area (Å²) in [6.07, 6.45) is 5.25. The zero-order valence-corrected chi connectivity index (χ0v) is 10.1. The Balaban J connectivity index is 3.91. The van der Waals surface area contributed by atoms with Gasteiger partial charge in [-0.1, -0.05) is 44.6 Å². The second kappa shape index (κ2) is 6.01. The molecule has 13 heavy (non-hydrogen) atoms. The van der Waals surface area contributed by atoms with Gasteiger partial charge in [-0.25, -0.2) is 0 Å². The standard InChI is InChI=1S/C11H20OSi/c1-5-6-7-8-11(12)9-10-13(2,3)4/h6-7,11-12H,5,8H2,1-4H3/b7-6-/t11-/m0/s1. The van der Waals surface area contributed by atoms with Crippen molar-refractivity contribution in [1.82, 2.24) is 0 Å². The molecule has 0 radical (unpaired) electrons. The van der Waals surface area contributed by atoms with Crippen LogP contribution in [0.2, 0.25) is 19.6 Å². The van der Waals surface area contributed by atoms with E-state index in [1.54, 1.807) is 0 Å². The van der Waals surface area contributed by atoms with Crippen molar-refractivity contribution >= 4 is 8.07 Å². The van der Waals surface area contributed by atoms with Gasteiger partial charge in [0.1, 0.15) is 14.2 Å². The summed E-state index contributed by atoms with van der Waals surface area (Å²) in [7, 11) is -1.31. The van der Waals surface area contributed by atoms with Crippen LogP contribution in [0.15, 0.2) is 12.2 Å². The average molecular weight is 196 g/mol. The van der Waals surface area contributed by atoms with E-state index < -0.39 is 14.2 Å². The van der Waals surface area contributed by atoms with Crippen LogP contribution in [-0.4, -0.2) is 19.3 Å². The van der Waals surface area contributed by atoms with Crippen LogP contribution in [0.3, 0.4) is 0 Å². The largest absolute Gasteiger partial charge is 0.380 e. The summed E-state index contributed by atoms with van der Waals surface area (Å²) >= 11 is 0. The van der Waals surface area contributed by atoms with E-state index >= 15 is 0 Å². The molecular weight excluding hydrogens is 176 g/mol. The Morgan fingerprint density at radius 3 is 2.38 bits per heavy atom. The Hall–Kier alpha value is -0.523. The molecule has 0 saturated carbocycles. The van der Waals surface area contributed by atoms with Gasteiger partial charge in [-0.2, -0.15) is 0 Å². The molecule has 0 aromatic rings. The minimum atomic E-state index is -1.31. The molecule has 1 N–H and O–H groups in total. The quantitative estimate of drug-likeness (QED) is 0.418. The fraction of sp³-hybridized carbons (Fsp3) is 0.636. The zero-order valence-electron chi connectivity index (χ0n) is 9.09. The number of aliphatic hydroxyl groups excluding tert-OH is 1. The third kappa shape index (κ3) is 9.39. The molecule has 0 aromatic carbocycles. The Morgan fingerprint density at radius 1 is 1.31 bits per heavy atom. The van der Waals surface area contributed by atoms with E-state index in [0.717, 1.165) is 6.42 Å². The van der Waals surface area contributed by atoms with E-state index in [1.165, 1.54) is 0 Å². The first-order chi connectivity index (χ1) is 5.95. The van der Waals surface area contributed by atoms with E-state index in [9.17, 15) is 5.11 Å². The zero-order chi connectivity index (χ0) is 10.3. The van der Waals surface area contributed by atoms with E-state index in [1.807, 2.05) is 6.08 Å². The SMILES string of the molecule is CC/C=C\C[C@H](O)C#C[Si](C)(C)C. The van der Waals surface area contributed by atoms with Crippen molar-refractivity contribution in [3.8, 4) is 11.5 Å². The smallest absolute Gasteiger partial charge is 0.129 e. The van der Waals surface area contributed by atoms with Crippen molar-refractivity contribution in [2.75, 3.05) is 0 Å². The van der Waals surface area contributed by atoms with E-state index in [4.69, 9.17) is 0 Å². The fourth-order valence-electron chi connectivity index (χ4n) is 0.751. The highest BCUT2D eigenvalue weighted by Crippen LogP contribution is 1.98. The van der Waals surface area contributed by atoms with Crippen molar-refractivity contribution < 1.29 is 5.11 Å². The van der Waals surface area contributed by atoms with Gasteiger partial charge in [0, 0.05) is 6.42 Å². The van der Waals surface area contributed by atoms with Gasteiger partial charge in [0.2, 0.25) is 0 Å². The van der Waals surface area contributed by atoms with Crippen molar-refractivity contribution in [2.45, 2.75) is 45.5 Å². The molecule has 0 unspecified atom stereocenters. The van der Waals surface area contributed by atoms with E-state index in [2.05, 4.69) is 44.1 Å². The highest BCUT2D eigenvalue weighted by Gasteiger charge is 2.08. The first-order valence-corrected chi connectivity index (χ1v) is 8.31. The second-order valence-corrected chi connectivity index (χ2v) is 8.90. The summed E-state index contributed by atoms with van der Waals surface area (Å²) < 4.78 is 0. The van der Waals surface area contributed by atoms with Crippen molar-refractivity contribution in [1.29, 1.82) is 0 Å². The summed E-state index contributed by atoms with van der Waals surface area (Å²) in [6.45, 7) is 8.61. The number of hydrogen-bond donors (Lipinski definition) is 1. The van der Waals surface area contributed by atoms with Gasteiger partial charge in [0.25, 0.3) is 0 Å². The molecule has 0 bridgehead atoms. The Labute approximate surface area is 82.9 Å². The molecule has 0 heterocycles. The van der Waals surface area contributed by atoms with Gasteiger partial charge < -0.3 is 5.11 Å². The molecule has 0 aliphatic heterocycles. The highest BCUT2D eigenvalue weighted by molar-refractivity contribution is 6.83. The summed E-state index contributed by atoms with van der Waals surface area (Å²) in [5.41, 5.74) is 3.15. The van der Waals surface area contributed by atoms with Crippen LogP contribution in [0.4, 0.5) is 0 Å². The topological polar surface area (TPSA) is 20.2 Å². The summed E-state index contributed by atoms with van der Waals surface area (Å²) in [4.78, 5) is 0. The molecule has 0 saturated heterocycles. The lowest BCUT2D eigenvalue weighted by atomic mass is 10.2. The molecule has 1 atom stereocenters. The fourth-order valence-corrected chi connectivity index (χ4v) is 1.35. The molecule has 0 spiro atoms. The minimum Gasteiger partial charge on any atom is -0.380 e. The maximum absolute atomic E-state index is 9.44. The third-order valence-electron chi connectivity index (χ3n) is 1.38. The lowest BCUT2D eigenvalue weighted by Gasteiger charge is -2.05. The lowest BCUT2D eigenvalue weighted by Crippen LogP contribution is -2.17. The van der Waals surface area contributed by atoms with Crippen LogP contribution < -0.4 is 0 Å². The van der Waals surface area contributed by atoms with Gasteiger partial charge in [-0.05, 0) is 6.42 Å². The number of hydrogen-bond acceptors (Lipinski definition) is 1. The predicted molar refractivity (Wildman–Crippen MR) is 61.2 cm³/mol. The lowest BCUT2D eigenvalue weighted by molar-refractivity contribution is 0.236. The molecule has 0 fully saturated rings. The maximum Gasteiger partial charge on any atom is 0.129 e. The van der Waals surface area contributed by atoms with Crippen molar-refractivity contribution in [2.24, 2.45) is 0 Å². The number of rotatable bonds is 3. The molecule has 0 aliphatic rings.